The molecule has 0 unspecified atom stereocenters. The fourth-order valence-corrected chi connectivity index (χ4v) is 1.88. The van der Waals surface area contributed by atoms with Gasteiger partial charge in [0.1, 0.15) is 0 Å². The van der Waals surface area contributed by atoms with Crippen LogP contribution >= 0.6 is 11.3 Å². The molecule has 0 radical (unpaired) electrons. The van der Waals surface area contributed by atoms with Crippen molar-refractivity contribution in [3.63, 3.8) is 0 Å². The fourth-order valence-electron chi connectivity index (χ4n) is 1.33. The van der Waals surface area contributed by atoms with Crippen LogP contribution in [-0.2, 0) is 6.54 Å². The van der Waals surface area contributed by atoms with E-state index in [1.54, 1.807) is 23.9 Å². The molecule has 0 saturated carbocycles. The number of nitrogens with two attached hydrogens (primary N) is 1. The van der Waals surface area contributed by atoms with Gasteiger partial charge < -0.3 is 10.3 Å². The van der Waals surface area contributed by atoms with E-state index in [-0.39, 0.29) is 6.04 Å². The highest BCUT2D eigenvalue weighted by molar-refractivity contribution is 7.07. The molecule has 2 rings (SSSR count). The van der Waals surface area contributed by atoms with Crippen LogP contribution in [0.5, 0.6) is 0 Å². The summed E-state index contributed by atoms with van der Waals surface area (Å²) in [5.41, 5.74) is 9.73. The molecule has 14 heavy (non-hydrogen) atoms. The van der Waals surface area contributed by atoms with E-state index in [0.29, 0.717) is 0 Å². The molecule has 0 aliphatic carbocycles. The first-order valence-electron chi connectivity index (χ1n) is 4.40. The van der Waals surface area contributed by atoms with E-state index in [1.807, 2.05) is 22.4 Å². The Kier molecular flexibility index (Phi) is 2.60. The summed E-state index contributed by atoms with van der Waals surface area (Å²) in [6.45, 7) is 2.70. The summed E-state index contributed by atoms with van der Waals surface area (Å²) in [6, 6.07) is 0.0103. The van der Waals surface area contributed by atoms with E-state index in [0.717, 1.165) is 17.9 Å². The molecule has 0 aliphatic rings. The third-order valence-corrected chi connectivity index (χ3v) is 2.66. The Bertz CT molecular complexity index is 391. The van der Waals surface area contributed by atoms with Gasteiger partial charge in [-0.15, -0.1) is 11.3 Å². The number of aromatic nitrogens is 3. The van der Waals surface area contributed by atoms with Gasteiger partial charge in [0.25, 0.3) is 0 Å². The molecule has 2 heterocycles. The quantitative estimate of drug-likeness (QED) is 0.829. The van der Waals surface area contributed by atoms with Crippen LogP contribution < -0.4 is 5.73 Å². The van der Waals surface area contributed by atoms with E-state index in [1.165, 1.54) is 0 Å². The highest BCUT2D eigenvalue weighted by Gasteiger charge is 2.07. The summed E-state index contributed by atoms with van der Waals surface area (Å²) in [7, 11) is 0. The summed E-state index contributed by atoms with van der Waals surface area (Å²) in [5, 5.41) is 2.03. The predicted molar refractivity (Wildman–Crippen MR) is 56.0 cm³/mol. The average molecular weight is 208 g/mol. The Morgan fingerprint density at radius 1 is 1.64 bits per heavy atom. The molecule has 0 aromatic carbocycles. The number of thiazole rings is 1. The number of hydrogen-bond donors (Lipinski definition) is 1. The molecule has 2 N–H and O–H groups in total. The van der Waals surface area contributed by atoms with Crippen LogP contribution in [0.3, 0.4) is 0 Å². The van der Waals surface area contributed by atoms with E-state index < -0.39 is 0 Å². The standard InChI is InChI=1S/C9H12N4S/c1-7(10)9-2-11-5-13(9)3-8-4-14-6-12-8/h2,4-7H,3,10H2,1H3/t7-/m1/s1. The zero-order chi connectivity index (χ0) is 9.97. The Labute approximate surface area is 86.4 Å². The third kappa shape index (κ3) is 1.83. The Morgan fingerprint density at radius 3 is 3.14 bits per heavy atom. The third-order valence-electron chi connectivity index (χ3n) is 2.03. The Balaban J connectivity index is 2.21. The van der Waals surface area contributed by atoms with Crippen LogP contribution in [0.4, 0.5) is 0 Å². The minimum atomic E-state index is 0.0103. The van der Waals surface area contributed by atoms with E-state index >= 15 is 0 Å². The molecular weight excluding hydrogens is 196 g/mol. The van der Waals surface area contributed by atoms with E-state index in [4.69, 9.17) is 5.73 Å². The van der Waals surface area contributed by atoms with Crippen molar-refractivity contribution in [1.82, 2.24) is 14.5 Å². The lowest BCUT2D eigenvalue weighted by molar-refractivity contribution is 0.668. The first-order valence-corrected chi connectivity index (χ1v) is 5.34. The molecule has 0 saturated heterocycles. The van der Waals surface area contributed by atoms with Crippen LogP contribution in [-0.4, -0.2) is 14.5 Å². The van der Waals surface area contributed by atoms with Crippen LogP contribution in [0.1, 0.15) is 24.4 Å². The summed E-state index contributed by atoms with van der Waals surface area (Å²) in [6.07, 6.45) is 3.59. The maximum atomic E-state index is 5.81. The molecule has 0 fully saturated rings. The van der Waals surface area contributed by atoms with Crippen LogP contribution in [0.2, 0.25) is 0 Å². The van der Waals surface area contributed by atoms with Gasteiger partial charge in [-0.1, -0.05) is 0 Å². The van der Waals surface area contributed by atoms with Gasteiger partial charge >= 0.3 is 0 Å². The monoisotopic (exact) mass is 208 g/mol. The van der Waals surface area contributed by atoms with Crippen molar-refractivity contribution in [2.45, 2.75) is 19.5 Å². The van der Waals surface area contributed by atoms with Gasteiger partial charge in [-0.3, -0.25) is 0 Å². The largest absolute Gasteiger partial charge is 0.327 e. The Morgan fingerprint density at radius 2 is 2.50 bits per heavy atom. The number of rotatable bonds is 3. The van der Waals surface area contributed by atoms with E-state index in [2.05, 4.69) is 9.97 Å². The molecule has 0 spiro atoms. The summed E-state index contributed by atoms with van der Waals surface area (Å²) in [5.74, 6) is 0. The molecule has 5 heteroatoms. The average Bonchev–Trinajstić information content (AvgIpc) is 2.75. The van der Waals surface area contributed by atoms with Gasteiger partial charge in [-0.25, -0.2) is 9.97 Å². The maximum Gasteiger partial charge on any atom is 0.0952 e. The summed E-state index contributed by atoms with van der Waals surface area (Å²) >= 11 is 1.60. The van der Waals surface area contributed by atoms with Gasteiger partial charge in [0.15, 0.2) is 0 Å². The van der Waals surface area contributed by atoms with Crippen molar-refractivity contribution >= 4 is 11.3 Å². The zero-order valence-corrected chi connectivity index (χ0v) is 8.74. The van der Waals surface area contributed by atoms with Gasteiger partial charge in [0.05, 0.1) is 29.8 Å². The first-order chi connectivity index (χ1) is 6.77. The zero-order valence-electron chi connectivity index (χ0n) is 7.92. The lowest BCUT2D eigenvalue weighted by Gasteiger charge is -2.08. The molecule has 4 nitrogen and oxygen atoms in total. The molecule has 2 aromatic heterocycles. The normalized spacial score (nSPS) is 13.0. The molecule has 0 amide bonds. The minimum Gasteiger partial charge on any atom is -0.327 e. The van der Waals surface area contributed by atoms with Crippen LogP contribution in [0.15, 0.2) is 23.4 Å². The summed E-state index contributed by atoms with van der Waals surface area (Å²) in [4.78, 5) is 8.30. The van der Waals surface area contributed by atoms with Gasteiger partial charge in [-0.05, 0) is 6.92 Å². The second-order valence-electron chi connectivity index (χ2n) is 3.21. The minimum absolute atomic E-state index is 0.0103. The predicted octanol–water partition coefficient (Wildman–Crippen LogP) is 1.41. The molecule has 74 valence electrons. The number of nitrogens with zero attached hydrogens (tertiary/aromatic N) is 3. The lowest BCUT2D eigenvalue weighted by atomic mass is 10.2. The SMILES string of the molecule is C[C@@H](N)c1cncn1Cc1cscn1. The molecule has 1 atom stereocenters. The first kappa shape index (κ1) is 9.36. The Hall–Kier alpha value is -1.20. The fraction of sp³-hybridized carbons (Fsp3) is 0.333. The molecule has 2 aromatic rings. The van der Waals surface area contributed by atoms with Crippen molar-refractivity contribution in [2.24, 2.45) is 5.73 Å². The molecule has 0 aliphatic heterocycles. The second-order valence-corrected chi connectivity index (χ2v) is 3.93. The van der Waals surface area contributed by atoms with E-state index in [9.17, 15) is 0 Å². The van der Waals surface area contributed by atoms with Crippen molar-refractivity contribution in [3.05, 3.63) is 34.8 Å². The highest BCUT2D eigenvalue weighted by Crippen LogP contribution is 2.11. The van der Waals surface area contributed by atoms with Crippen molar-refractivity contribution < 1.29 is 0 Å². The topological polar surface area (TPSA) is 56.7 Å². The van der Waals surface area contributed by atoms with Crippen molar-refractivity contribution in [2.75, 3.05) is 0 Å². The van der Waals surface area contributed by atoms with Crippen molar-refractivity contribution in [3.8, 4) is 0 Å². The van der Waals surface area contributed by atoms with Crippen molar-refractivity contribution in [1.29, 1.82) is 0 Å². The number of imidazole rings is 1. The maximum absolute atomic E-state index is 5.81. The highest BCUT2D eigenvalue weighted by atomic mass is 32.1. The van der Waals surface area contributed by atoms with Crippen LogP contribution in [0, 0.1) is 0 Å². The van der Waals surface area contributed by atoms with Gasteiger partial charge in [-0.2, -0.15) is 0 Å². The van der Waals surface area contributed by atoms with Gasteiger partial charge in [0, 0.05) is 17.6 Å². The lowest BCUT2D eigenvalue weighted by Crippen LogP contribution is -2.12. The van der Waals surface area contributed by atoms with Gasteiger partial charge in [0.2, 0.25) is 0 Å². The van der Waals surface area contributed by atoms with Crippen LogP contribution in [0.25, 0.3) is 0 Å². The molecule has 0 bridgehead atoms. The summed E-state index contributed by atoms with van der Waals surface area (Å²) < 4.78 is 2.03. The molecular formula is C9H12N4S. The smallest absolute Gasteiger partial charge is 0.0952 e. The second kappa shape index (κ2) is 3.89. The number of hydrogen-bond acceptors (Lipinski definition) is 4.